The third kappa shape index (κ3) is 3.34. The molecule has 2 rings (SSSR count). The largest absolute Gasteiger partial charge is 0.338 e. The average molecular weight is 276 g/mol. The molecule has 20 heavy (non-hydrogen) atoms. The van der Waals surface area contributed by atoms with Gasteiger partial charge in [0, 0.05) is 5.92 Å². The standard InChI is InChI=1S/C17H28N2O/c1-16(2,3)14-8-6-13(7-9-14)15(20)19-17(12-18)10-4-5-11-17/h13-14H,4-11H2,1-3H3,(H,19,20). The van der Waals surface area contributed by atoms with E-state index in [-0.39, 0.29) is 11.8 Å². The molecule has 0 radical (unpaired) electrons. The molecule has 0 saturated heterocycles. The molecule has 2 aliphatic carbocycles. The number of hydrogen-bond donors (Lipinski definition) is 1. The van der Waals surface area contributed by atoms with Gasteiger partial charge in [-0.05, 0) is 62.7 Å². The number of nitriles is 1. The fourth-order valence-electron chi connectivity index (χ4n) is 3.80. The molecule has 0 spiro atoms. The zero-order valence-electron chi connectivity index (χ0n) is 13.2. The Bertz CT molecular complexity index is 388. The van der Waals surface area contributed by atoms with Gasteiger partial charge in [0.05, 0.1) is 6.07 Å². The maximum atomic E-state index is 12.4. The Labute approximate surface area is 123 Å². The molecule has 1 N–H and O–H groups in total. The van der Waals surface area contributed by atoms with Crippen molar-refractivity contribution in [2.75, 3.05) is 0 Å². The van der Waals surface area contributed by atoms with Gasteiger partial charge >= 0.3 is 0 Å². The average Bonchev–Trinajstić information content (AvgIpc) is 2.87. The molecule has 2 fully saturated rings. The van der Waals surface area contributed by atoms with Gasteiger partial charge in [0.25, 0.3) is 0 Å². The summed E-state index contributed by atoms with van der Waals surface area (Å²) in [6.45, 7) is 6.88. The van der Waals surface area contributed by atoms with Crippen LogP contribution in [-0.4, -0.2) is 11.4 Å². The fraction of sp³-hybridized carbons (Fsp3) is 0.882. The van der Waals surface area contributed by atoms with Gasteiger partial charge in [0.15, 0.2) is 0 Å². The zero-order valence-corrected chi connectivity index (χ0v) is 13.2. The van der Waals surface area contributed by atoms with E-state index in [4.69, 9.17) is 0 Å². The third-order valence-corrected chi connectivity index (χ3v) is 5.36. The maximum Gasteiger partial charge on any atom is 0.224 e. The molecule has 112 valence electrons. The predicted octanol–water partition coefficient (Wildman–Crippen LogP) is 3.79. The minimum Gasteiger partial charge on any atom is -0.338 e. The Morgan fingerprint density at radius 1 is 1.15 bits per heavy atom. The lowest BCUT2D eigenvalue weighted by atomic mass is 9.69. The van der Waals surface area contributed by atoms with E-state index in [2.05, 4.69) is 32.2 Å². The minimum atomic E-state index is -0.558. The monoisotopic (exact) mass is 276 g/mol. The fourth-order valence-corrected chi connectivity index (χ4v) is 3.80. The summed E-state index contributed by atoms with van der Waals surface area (Å²) >= 11 is 0. The normalized spacial score (nSPS) is 29.7. The second kappa shape index (κ2) is 5.76. The highest BCUT2D eigenvalue weighted by molar-refractivity contribution is 5.80. The van der Waals surface area contributed by atoms with E-state index in [0.717, 1.165) is 57.3 Å². The van der Waals surface area contributed by atoms with Gasteiger partial charge in [-0.15, -0.1) is 0 Å². The highest BCUT2D eigenvalue weighted by atomic mass is 16.2. The van der Waals surface area contributed by atoms with Crippen molar-refractivity contribution in [3.63, 3.8) is 0 Å². The molecule has 0 aromatic heterocycles. The topological polar surface area (TPSA) is 52.9 Å². The molecule has 0 aromatic rings. The Kier molecular flexibility index (Phi) is 4.42. The van der Waals surface area contributed by atoms with Crippen molar-refractivity contribution >= 4 is 5.91 Å². The van der Waals surface area contributed by atoms with Gasteiger partial charge in [-0.2, -0.15) is 5.26 Å². The second-order valence-corrected chi connectivity index (χ2v) is 7.80. The molecule has 2 aliphatic rings. The molecular formula is C17H28N2O. The van der Waals surface area contributed by atoms with Crippen LogP contribution in [0, 0.1) is 28.6 Å². The van der Waals surface area contributed by atoms with Crippen LogP contribution in [0.15, 0.2) is 0 Å². The Hall–Kier alpha value is -1.04. The van der Waals surface area contributed by atoms with E-state index in [0.29, 0.717) is 5.41 Å². The molecule has 0 bridgehead atoms. The number of rotatable bonds is 2. The molecular weight excluding hydrogens is 248 g/mol. The van der Waals surface area contributed by atoms with Crippen LogP contribution in [0.25, 0.3) is 0 Å². The summed E-state index contributed by atoms with van der Waals surface area (Å²) in [5.74, 6) is 0.975. The summed E-state index contributed by atoms with van der Waals surface area (Å²) in [4.78, 5) is 12.4. The van der Waals surface area contributed by atoms with Crippen molar-refractivity contribution in [3.05, 3.63) is 0 Å². The first-order valence-corrected chi connectivity index (χ1v) is 8.10. The summed E-state index contributed by atoms with van der Waals surface area (Å²) in [5.41, 5.74) is -0.210. The first-order chi connectivity index (χ1) is 9.36. The molecule has 0 heterocycles. The molecule has 0 atom stereocenters. The number of amides is 1. The van der Waals surface area contributed by atoms with E-state index >= 15 is 0 Å². The van der Waals surface area contributed by atoms with Crippen LogP contribution < -0.4 is 5.32 Å². The first-order valence-electron chi connectivity index (χ1n) is 8.10. The Morgan fingerprint density at radius 2 is 1.70 bits per heavy atom. The van der Waals surface area contributed by atoms with Gasteiger partial charge in [0.1, 0.15) is 5.54 Å². The smallest absolute Gasteiger partial charge is 0.224 e. The minimum absolute atomic E-state index is 0.124. The van der Waals surface area contributed by atoms with E-state index < -0.39 is 5.54 Å². The lowest BCUT2D eigenvalue weighted by Gasteiger charge is -2.37. The molecule has 0 aliphatic heterocycles. The van der Waals surface area contributed by atoms with Gasteiger partial charge in [-0.25, -0.2) is 0 Å². The number of hydrogen-bond acceptors (Lipinski definition) is 2. The summed E-state index contributed by atoms with van der Waals surface area (Å²) in [6, 6.07) is 2.35. The van der Waals surface area contributed by atoms with Gasteiger partial charge in [-0.1, -0.05) is 20.8 Å². The SMILES string of the molecule is CC(C)(C)C1CCC(C(=O)NC2(C#N)CCCC2)CC1. The van der Waals surface area contributed by atoms with Crippen LogP contribution >= 0.6 is 0 Å². The third-order valence-electron chi connectivity index (χ3n) is 5.36. The van der Waals surface area contributed by atoms with Crippen molar-refractivity contribution in [1.29, 1.82) is 5.26 Å². The first kappa shape index (κ1) is 15.4. The number of carbonyl (C=O) groups is 1. The van der Waals surface area contributed by atoms with Gasteiger partial charge in [-0.3, -0.25) is 4.79 Å². The zero-order chi connectivity index (χ0) is 14.8. The van der Waals surface area contributed by atoms with Crippen molar-refractivity contribution in [2.24, 2.45) is 17.3 Å². The van der Waals surface area contributed by atoms with E-state index in [1.54, 1.807) is 0 Å². The van der Waals surface area contributed by atoms with Crippen molar-refractivity contribution in [2.45, 2.75) is 77.7 Å². The van der Waals surface area contributed by atoms with Crippen LogP contribution in [-0.2, 0) is 4.79 Å². The molecule has 2 saturated carbocycles. The van der Waals surface area contributed by atoms with Gasteiger partial charge < -0.3 is 5.32 Å². The highest BCUT2D eigenvalue weighted by Crippen LogP contribution is 2.40. The maximum absolute atomic E-state index is 12.4. The van der Waals surface area contributed by atoms with Crippen LogP contribution in [0.2, 0.25) is 0 Å². The number of nitrogens with zero attached hydrogens (tertiary/aromatic N) is 1. The lowest BCUT2D eigenvalue weighted by molar-refractivity contribution is -0.127. The second-order valence-electron chi connectivity index (χ2n) is 7.80. The highest BCUT2D eigenvalue weighted by Gasteiger charge is 2.38. The van der Waals surface area contributed by atoms with E-state index in [9.17, 15) is 10.1 Å². The van der Waals surface area contributed by atoms with E-state index in [1.165, 1.54) is 0 Å². The van der Waals surface area contributed by atoms with E-state index in [1.807, 2.05) is 0 Å². The van der Waals surface area contributed by atoms with Crippen molar-refractivity contribution in [1.82, 2.24) is 5.32 Å². The van der Waals surface area contributed by atoms with Gasteiger partial charge in [0.2, 0.25) is 5.91 Å². The molecule has 1 amide bonds. The van der Waals surface area contributed by atoms with Crippen molar-refractivity contribution in [3.8, 4) is 6.07 Å². The van der Waals surface area contributed by atoms with Crippen LogP contribution in [0.5, 0.6) is 0 Å². The molecule has 3 heteroatoms. The van der Waals surface area contributed by atoms with Crippen LogP contribution in [0.1, 0.15) is 72.1 Å². The summed E-state index contributed by atoms with van der Waals surface area (Å²) < 4.78 is 0. The number of nitrogens with one attached hydrogen (secondary N) is 1. The Morgan fingerprint density at radius 3 is 2.15 bits per heavy atom. The molecule has 3 nitrogen and oxygen atoms in total. The number of carbonyl (C=O) groups excluding carboxylic acids is 1. The summed E-state index contributed by atoms with van der Waals surface area (Å²) in [5, 5.41) is 12.4. The lowest BCUT2D eigenvalue weighted by Crippen LogP contribution is -2.48. The molecule has 0 unspecified atom stereocenters. The summed E-state index contributed by atoms with van der Waals surface area (Å²) in [6.07, 6.45) is 8.02. The Balaban J connectivity index is 1.88. The van der Waals surface area contributed by atoms with Crippen LogP contribution in [0.4, 0.5) is 0 Å². The summed E-state index contributed by atoms with van der Waals surface area (Å²) in [7, 11) is 0. The molecule has 0 aromatic carbocycles. The van der Waals surface area contributed by atoms with Crippen LogP contribution in [0.3, 0.4) is 0 Å². The predicted molar refractivity (Wildman–Crippen MR) is 79.9 cm³/mol. The van der Waals surface area contributed by atoms with Crippen molar-refractivity contribution < 1.29 is 4.79 Å². The quantitative estimate of drug-likeness (QED) is 0.834.